The molecule has 0 spiro atoms. The van der Waals surface area contributed by atoms with Crippen LogP contribution in [0.15, 0.2) is 24.3 Å². The molecule has 8 heteroatoms. The Hall–Kier alpha value is -1.80. The minimum Gasteiger partial charge on any atom is -0.378 e. The first-order valence-electron chi connectivity index (χ1n) is 6.48. The molecular weight excluding hydrogens is 287 g/mol. The lowest BCUT2D eigenvalue weighted by molar-refractivity contribution is -0.137. The van der Waals surface area contributed by atoms with Crippen molar-refractivity contribution in [3.05, 3.63) is 29.8 Å². The number of anilines is 1. The highest BCUT2D eigenvalue weighted by molar-refractivity contribution is 5.89. The van der Waals surface area contributed by atoms with Gasteiger partial charge in [-0.2, -0.15) is 13.2 Å². The lowest BCUT2D eigenvalue weighted by Crippen LogP contribution is -2.49. The summed E-state index contributed by atoms with van der Waals surface area (Å²) in [5.41, 5.74) is -0.710. The van der Waals surface area contributed by atoms with Gasteiger partial charge in [0.25, 0.3) is 0 Å². The van der Waals surface area contributed by atoms with Gasteiger partial charge in [0, 0.05) is 24.8 Å². The van der Waals surface area contributed by atoms with Crippen molar-refractivity contribution < 1.29 is 22.7 Å². The van der Waals surface area contributed by atoms with Crippen LogP contribution in [-0.4, -0.2) is 38.4 Å². The van der Waals surface area contributed by atoms with Crippen LogP contribution in [0.25, 0.3) is 0 Å². The lowest BCUT2D eigenvalue weighted by Gasteiger charge is -2.24. The summed E-state index contributed by atoms with van der Waals surface area (Å²) < 4.78 is 42.9. The minimum atomic E-state index is -4.43. The second kappa shape index (κ2) is 6.77. The predicted octanol–water partition coefficient (Wildman–Crippen LogP) is 1.82. The molecule has 2 rings (SSSR count). The van der Waals surface area contributed by atoms with Gasteiger partial charge in [-0.15, -0.1) is 0 Å². The zero-order valence-corrected chi connectivity index (χ0v) is 11.2. The van der Waals surface area contributed by atoms with E-state index in [9.17, 15) is 18.0 Å². The van der Waals surface area contributed by atoms with Crippen molar-refractivity contribution in [3.63, 3.8) is 0 Å². The van der Waals surface area contributed by atoms with Gasteiger partial charge in [0.1, 0.15) is 0 Å². The molecule has 0 bridgehead atoms. The van der Waals surface area contributed by atoms with Crippen molar-refractivity contribution >= 4 is 11.7 Å². The standard InChI is InChI=1S/C13H16F3N3O2/c14-13(15,16)9-2-1-3-10(6-9)19-12(20)18-7-11-8-21-5-4-17-11/h1-3,6,11,17H,4-5,7-8H2,(H2,18,19,20). The van der Waals surface area contributed by atoms with Crippen LogP contribution < -0.4 is 16.0 Å². The van der Waals surface area contributed by atoms with E-state index >= 15 is 0 Å². The van der Waals surface area contributed by atoms with E-state index in [0.29, 0.717) is 26.3 Å². The topological polar surface area (TPSA) is 62.4 Å². The van der Waals surface area contributed by atoms with Gasteiger partial charge in [-0.3, -0.25) is 0 Å². The van der Waals surface area contributed by atoms with Gasteiger partial charge in [0.2, 0.25) is 0 Å². The number of urea groups is 1. The lowest BCUT2D eigenvalue weighted by atomic mass is 10.2. The number of alkyl halides is 3. The number of carbonyl (C=O) groups excluding carboxylic acids is 1. The average Bonchev–Trinajstić information content (AvgIpc) is 2.46. The second-order valence-electron chi connectivity index (χ2n) is 4.64. The van der Waals surface area contributed by atoms with Crippen LogP contribution in [0.4, 0.5) is 23.7 Å². The van der Waals surface area contributed by atoms with Crippen molar-refractivity contribution in [2.45, 2.75) is 12.2 Å². The number of carbonyl (C=O) groups is 1. The maximum absolute atomic E-state index is 12.5. The van der Waals surface area contributed by atoms with Crippen molar-refractivity contribution in [3.8, 4) is 0 Å². The number of ether oxygens (including phenoxy) is 1. The number of halogens is 3. The van der Waals surface area contributed by atoms with E-state index < -0.39 is 17.8 Å². The number of morpholine rings is 1. The molecule has 116 valence electrons. The van der Waals surface area contributed by atoms with Gasteiger partial charge in [0.15, 0.2) is 0 Å². The Balaban J connectivity index is 1.84. The summed E-state index contributed by atoms with van der Waals surface area (Å²) in [4.78, 5) is 11.6. The van der Waals surface area contributed by atoms with Crippen LogP contribution in [0.3, 0.4) is 0 Å². The number of nitrogens with one attached hydrogen (secondary N) is 3. The van der Waals surface area contributed by atoms with Crippen LogP contribution >= 0.6 is 0 Å². The number of rotatable bonds is 3. The number of hydrogen-bond donors (Lipinski definition) is 3. The van der Waals surface area contributed by atoms with Crippen LogP contribution in [-0.2, 0) is 10.9 Å². The quantitative estimate of drug-likeness (QED) is 0.798. The van der Waals surface area contributed by atoms with Gasteiger partial charge in [-0.05, 0) is 18.2 Å². The molecule has 1 heterocycles. The molecular formula is C13H16F3N3O2. The summed E-state index contributed by atoms with van der Waals surface area (Å²) in [7, 11) is 0. The molecule has 1 aliphatic rings. The molecule has 21 heavy (non-hydrogen) atoms. The zero-order valence-electron chi connectivity index (χ0n) is 11.2. The average molecular weight is 303 g/mol. The first kappa shape index (κ1) is 15.6. The first-order chi connectivity index (χ1) is 9.95. The van der Waals surface area contributed by atoms with Gasteiger partial charge in [-0.1, -0.05) is 6.07 Å². The smallest absolute Gasteiger partial charge is 0.378 e. The van der Waals surface area contributed by atoms with Crippen molar-refractivity contribution in [2.75, 3.05) is 31.6 Å². The largest absolute Gasteiger partial charge is 0.416 e. The maximum Gasteiger partial charge on any atom is 0.416 e. The molecule has 1 unspecified atom stereocenters. The summed E-state index contributed by atoms with van der Waals surface area (Å²) >= 11 is 0. The SMILES string of the molecule is O=C(NCC1COCCN1)Nc1cccc(C(F)(F)F)c1. The molecule has 0 radical (unpaired) electrons. The molecule has 3 N–H and O–H groups in total. The fourth-order valence-corrected chi connectivity index (χ4v) is 1.92. The zero-order chi connectivity index (χ0) is 15.3. The Labute approximate surface area is 119 Å². The molecule has 1 fully saturated rings. The molecule has 0 saturated carbocycles. The van der Waals surface area contributed by atoms with Crippen molar-refractivity contribution in [2.24, 2.45) is 0 Å². The molecule has 1 atom stereocenters. The fraction of sp³-hybridized carbons (Fsp3) is 0.462. The van der Waals surface area contributed by atoms with E-state index in [1.807, 2.05) is 0 Å². The van der Waals surface area contributed by atoms with E-state index in [-0.39, 0.29) is 11.7 Å². The predicted molar refractivity (Wildman–Crippen MR) is 71.1 cm³/mol. The van der Waals surface area contributed by atoms with E-state index in [2.05, 4.69) is 16.0 Å². The van der Waals surface area contributed by atoms with Crippen molar-refractivity contribution in [1.29, 1.82) is 0 Å². The van der Waals surface area contributed by atoms with Gasteiger partial charge < -0.3 is 20.7 Å². The highest BCUT2D eigenvalue weighted by Gasteiger charge is 2.30. The van der Waals surface area contributed by atoms with E-state index in [0.717, 1.165) is 12.1 Å². The monoisotopic (exact) mass is 303 g/mol. The van der Waals surface area contributed by atoms with Crippen LogP contribution in [0.1, 0.15) is 5.56 Å². The highest BCUT2D eigenvalue weighted by atomic mass is 19.4. The van der Waals surface area contributed by atoms with E-state index in [4.69, 9.17) is 4.74 Å². The summed E-state index contributed by atoms with van der Waals surface area (Å²) in [6, 6.07) is 3.94. The molecule has 5 nitrogen and oxygen atoms in total. The van der Waals surface area contributed by atoms with E-state index in [1.165, 1.54) is 12.1 Å². The molecule has 1 aliphatic heterocycles. The molecule has 0 aliphatic carbocycles. The summed E-state index contributed by atoms with van der Waals surface area (Å²) in [5.74, 6) is 0. The number of amides is 2. The highest BCUT2D eigenvalue weighted by Crippen LogP contribution is 2.30. The fourth-order valence-electron chi connectivity index (χ4n) is 1.92. The van der Waals surface area contributed by atoms with Crippen LogP contribution in [0.2, 0.25) is 0 Å². The molecule has 2 amide bonds. The van der Waals surface area contributed by atoms with E-state index in [1.54, 1.807) is 0 Å². The minimum absolute atomic E-state index is 0.00556. The van der Waals surface area contributed by atoms with Gasteiger partial charge in [0.05, 0.1) is 18.8 Å². The Morgan fingerprint density at radius 2 is 2.24 bits per heavy atom. The Kier molecular flexibility index (Phi) is 5.03. The molecule has 0 aromatic heterocycles. The number of hydrogen-bond acceptors (Lipinski definition) is 3. The van der Waals surface area contributed by atoms with Gasteiger partial charge >= 0.3 is 12.2 Å². The first-order valence-corrected chi connectivity index (χ1v) is 6.48. The third kappa shape index (κ3) is 4.91. The molecule has 1 saturated heterocycles. The summed E-state index contributed by atoms with van der Waals surface area (Å²) in [6.45, 7) is 2.17. The number of benzene rings is 1. The Morgan fingerprint density at radius 1 is 1.43 bits per heavy atom. The van der Waals surface area contributed by atoms with Gasteiger partial charge in [-0.25, -0.2) is 4.79 Å². The summed E-state index contributed by atoms with van der Waals surface area (Å²) in [6.07, 6.45) is -4.43. The third-order valence-electron chi connectivity index (χ3n) is 2.96. The normalized spacial score (nSPS) is 19.1. The molecule has 1 aromatic rings. The van der Waals surface area contributed by atoms with Crippen molar-refractivity contribution in [1.82, 2.24) is 10.6 Å². The third-order valence-corrected chi connectivity index (χ3v) is 2.96. The van der Waals surface area contributed by atoms with Crippen LogP contribution in [0, 0.1) is 0 Å². The Morgan fingerprint density at radius 3 is 2.90 bits per heavy atom. The summed E-state index contributed by atoms with van der Waals surface area (Å²) in [5, 5.41) is 8.11. The Bertz CT molecular complexity index is 488. The second-order valence-corrected chi connectivity index (χ2v) is 4.64. The maximum atomic E-state index is 12.5. The molecule has 1 aromatic carbocycles. The van der Waals surface area contributed by atoms with Crippen LogP contribution in [0.5, 0.6) is 0 Å².